The molecule has 0 aliphatic heterocycles. The fourth-order valence-electron chi connectivity index (χ4n) is 3.08. The van der Waals surface area contributed by atoms with Crippen LogP contribution in [0, 0.1) is 13.8 Å². The lowest BCUT2D eigenvalue weighted by Crippen LogP contribution is -2.25. The van der Waals surface area contributed by atoms with Gasteiger partial charge in [0, 0.05) is 0 Å². The minimum atomic E-state index is -1.23. The minimum absolute atomic E-state index is 0.517. The highest BCUT2D eigenvalue weighted by molar-refractivity contribution is 5.46. The predicted octanol–water partition coefficient (Wildman–Crippen LogP) is 5.30. The lowest BCUT2D eigenvalue weighted by atomic mass is 9.83. The van der Waals surface area contributed by atoms with Crippen molar-refractivity contribution in [2.75, 3.05) is 0 Å². The van der Waals surface area contributed by atoms with Crippen molar-refractivity contribution >= 4 is 0 Å². The highest BCUT2D eigenvalue weighted by Gasteiger charge is 2.29. The summed E-state index contributed by atoms with van der Waals surface area (Å²) in [6.07, 6.45) is 1.59. The van der Waals surface area contributed by atoms with Crippen LogP contribution in [0.2, 0.25) is 0 Å². The van der Waals surface area contributed by atoms with E-state index in [4.69, 9.17) is 4.74 Å². The molecule has 0 aliphatic rings. The number of aryl methyl sites for hydroxylation is 2. The summed E-state index contributed by atoms with van der Waals surface area (Å²) in [4.78, 5) is 0. The molecule has 3 aromatic rings. The summed E-state index contributed by atoms with van der Waals surface area (Å²) in [5, 5.41) is 11.3. The summed E-state index contributed by atoms with van der Waals surface area (Å²) in [6.45, 7) is 8.41. The van der Waals surface area contributed by atoms with Gasteiger partial charge in [-0.3, -0.25) is 0 Å². The van der Waals surface area contributed by atoms with E-state index in [1.165, 1.54) is 0 Å². The van der Waals surface area contributed by atoms with E-state index in [0.717, 1.165) is 33.6 Å². The van der Waals surface area contributed by atoms with Gasteiger partial charge in [-0.15, -0.1) is 0 Å². The van der Waals surface area contributed by atoms with Crippen LogP contribution < -0.4 is 4.74 Å². The van der Waals surface area contributed by atoms with E-state index in [1.807, 2.05) is 86.6 Å². The number of benzene rings is 3. The zero-order valence-electron chi connectivity index (χ0n) is 15.3. The molecular formula is C24H24O2. The Morgan fingerprint density at radius 3 is 2.31 bits per heavy atom. The first-order valence-electron chi connectivity index (χ1n) is 8.74. The SMILES string of the molecule is C=CC(O)(c1ccc(OCc2ccccc2)cc1)c1cc(C)ccc1C. The molecule has 1 N–H and O–H groups in total. The van der Waals surface area contributed by atoms with Gasteiger partial charge in [0.1, 0.15) is 18.0 Å². The van der Waals surface area contributed by atoms with Crippen molar-refractivity contribution in [2.45, 2.75) is 26.1 Å². The van der Waals surface area contributed by atoms with Gasteiger partial charge in [-0.25, -0.2) is 0 Å². The third-order valence-corrected chi connectivity index (χ3v) is 4.64. The summed E-state index contributed by atoms with van der Waals surface area (Å²) >= 11 is 0. The van der Waals surface area contributed by atoms with Crippen LogP contribution in [0.25, 0.3) is 0 Å². The maximum Gasteiger partial charge on any atom is 0.133 e. The number of hydrogen-bond acceptors (Lipinski definition) is 2. The Morgan fingerprint density at radius 2 is 1.65 bits per heavy atom. The smallest absolute Gasteiger partial charge is 0.133 e. The van der Waals surface area contributed by atoms with Crippen LogP contribution in [0.1, 0.15) is 27.8 Å². The Hall–Kier alpha value is -2.84. The van der Waals surface area contributed by atoms with Crippen molar-refractivity contribution in [3.63, 3.8) is 0 Å². The van der Waals surface area contributed by atoms with Crippen molar-refractivity contribution in [1.82, 2.24) is 0 Å². The molecule has 3 rings (SSSR count). The quantitative estimate of drug-likeness (QED) is 0.615. The second-order valence-electron chi connectivity index (χ2n) is 6.59. The molecule has 1 unspecified atom stereocenters. The molecule has 0 fully saturated rings. The molecule has 0 amide bonds. The molecule has 0 heterocycles. The molecule has 0 spiro atoms. The minimum Gasteiger partial charge on any atom is -0.489 e. The topological polar surface area (TPSA) is 29.5 Å². The number of ether oxygens (including phenoxy) is 1. The normalized spacial score (nSPS) is 13.0. The average Bonchev–Trinajstić information content (AvgIpc) is 2.69. The summed E-state index contributed by atoms with van der Waals surface area (Å²) in [7, 11) is 0. The maximum atomic E-state index is 11.3. The molecule has 0 aromatic heterocycles. The van der Waals surface area contributed by atoms with Crippen molar-refractivity contribution in [3.05, 3.63) is 113 Å². The first kappa shape index (κ1) is 18.0. The van der Waals surface area contributed by atoms with E-state index < -0.39 is 5.60 Å². The lowest BCUT2D eigenvalue weighted by Gasteiger charge is -2.28. The van der Waals surface area contributed by atoms with Crippen LogP contribution in [0.4, 0.5) is 0 Å². The fraction of sp³-hybridized carbons (Fsp3) is 0.167. The first-order valence-corrected chi connectivity index (χ1v) is 8.74. The van der Waals surface area contributed by atoms with E-state index in [9.17, 15) is 5.11 Å². The molecule has 3 aromatic carbocycles. The third-order valence-electron chi connectivity index (χ3n) is 4.64. The van der Waals surface area contributed by atoms with Gasteiger partial charge in [-0.2, -0.15) is 0 Å². The highest BCUT2D eigenvalue weighted by Crippen LogP contribution is 2.34. The zero-order valence-corrected chi connectivity index (χ0v) is 15.3. The lowest BCUT2D eigenvalue weighted by molar-refractivity contribution is 0.134. The highest BCUT2D eigenvalue weighted by atomic mass is 16.5. The fourth-order valence-corrected chi connectivity index (χ4v) is 3.08. The van der Waals surface area contributed by atoms with Gasteiger partial charge >= 0.3 is 0 Å². The van der Waals surface area contributed by atoms with Gasteiger partial charge in [0.05, 0.1) is 0 Å². The molecule has 26 heavy (non-hydrogen) atoms. The van der Waals surface area contributed by atoms with Gasteiger partial charge in [0.2, 0.25) is 0 Å². The van der Waals surface area contributed by atoms with E-state index in [1.54, 1.807) is 6.08 Å². The van der Waals surface area contributed by atoms with Gasteiger partial charge in [0.15, 0.2) is 0 Å². The number of rotatable bonds is 6. The van der Waals surface area contributed by atoms with Gasteiger partial charge < -0.3 is 9.84 Å². The van der Waals surface area contributed by atoms with E-state index >= 15 is 0 Å². The summed E-state index contributed by atoms with van der Waals surface area (Å²) in [5.41, 5.74) is 3.65. The third kappa shape index (κ3) is 3.71. The molecule has 0 saturated carbocycles. The Morgan fingerprint density at radius 1 is 0.962 bits per heavy atom. The van der Waals surface area contributed by atoms with Crippen molar-refractivity contribution in [2.24, 2.45) is 0 Å². The van der Waals surface area contributed by atoms with Crippen LogP contribution >= 0.6 is 0 Å². The molecule has 0 bridgehead atoms. The van der Waals surface area contributed by atoms with Crippen molar-refractivity contribution < 1.29 is 9.84 Å². The van der Waals surface area contributed by atoms with E-state index in [-0.39, 0.29) is 0 Å². The standard InChI is InChI=1S/C24H24O2/c1-4-24(25,23-16-18(2)10-11-19(23)3)21-12-14-22(15-13-21)26-17-20-8-6-5-7-9-20/h4-16,25H,1,17H2,2-3H3. The Balaban J connectivity index is 1.83. The molecule has 1 atom stereocenters. The Kier molecular flexibility index (Phi) is 5.24. The second-order valence-corrected chi connectivity index (χ2v) is 6.59. The molecule has 132 valence electrons. The van der Waals surface area contributed by atoms with Crippen LogP contribution in [0.5, 0.6) is 5.75 Å². The molecular weight excluding hydrogens is 320 g/mol. The van der Waals surface area contributed by atoms with Gasteiger partial charge in [-0.05, 0) is 48.2 Å². The number of hydrogen-bond donors (Lipinski definition) is 1. The summed E-state index contributed by atoms with van der Waals surface area (Å²) in [6, 6.07) is 23.7. The van der Waals surface area contributed by atoms with Gasteiger partial charge in [0.25, 0.3) is 0 Å². The van der Waals surface area contributed by atoms with Crippen LogP contribution in [-0.4, -0.2) is 5.11 Å². The average molecular weight is 344 g/mol. The Bertz CT molecular complexity index is 882. The van der Waals surface area contributed by atoms with Crippen LogP contribution in [0.15, 0.2) is 85.5 Å². The monoisotopic (exact) mass is 344 g/mol. The first-order chi connectivity index (χ1) is 12.5. The van der Waals surface area contributed by atoms with E-state index in [0.29, 0.717) is 6.61 Å². The van der Waals surface area contributed by atoms with E-state index in [2.05, 4.69) is 6.58 Å². The largest absolute Gasteiger partial charge is 0.489 e. The van der Waals surface area contributed by atoms with Crippen LogP contribution in [0.3, 0.4) is 0 Å². The van der Waals surface area contributed by atoms with Crippen molar-refractivity contribution in [1.29, 1.82) is 0 Å². The Labute approximate surface area is 155 Å². The summed E-state index contributed by atoms with van der Waals surface area (Å²) < 4.78 is 5.83. The zero-order chi connectivity index (χ0) is 18.6. The molecule has 0 radical (unpaired) electrons. The summed E-state index contributed by atoms with van der Waals surface area (Å²) in [5.74, 6) is 0.768. The van der Waals surface area contributed by atoms with Gasteiger partial charge in [-0.1, -0.05) is 78.9 Å². The predicted molar refractivity (Wildman–Crippen MR) is 106 cm³/mol. The molecule has 2 heteroatoms. The number of aliphatic hydroxyl groups is 1. The molecule has 2 nitrogen and oxygen atoms in total. The van der Waals surface area contributed by atoms with Crippen molar-refractivity contribution in [3.8, 4) is 5.75 Å². The maximum absolute atomic E-state index is 11.3. The van der Waals surface area contributed by atoms with Crippen LogP contribution in [-0.2, 0) is 12.2 Å². The molecule has 0 aliphatic carbocycles. The molecule has 0 saturated heterocycles. The second kappa shape index (κ2) is 7.59.